The molecule has 1 N–H and O–H groups in total. The van der Waals surface area contributed by atoms with Crippen LogP contribution >= 0.6 is 11.3 Å². The number of aryl methyl sites for hydroxylation is 2. The summed E-state index contributed by atoms with van der Waals surface area (Å²) in [5.41, 5.74) is 5.22. The van der Waals surface area contributed by atoms with Crippen LogP contribution in [0.5, 0.6) is 0 Å². The van der Waals surface area contributed by atoms with Gasteiger partial charge in [-0.15, -0.1) is 11.3 Å². The van der Waals surface area contributed by atoms with Crippen LogP contribution in [0, 0.1) is 20.8 Å². The van der Waals surface area contributed by atoms with Gasteiger partial charge in [0.05, 0.1) is 0 Å². The first-order chi connectivity index (χ1) is 8.16. The van der Waals surface area contributed by atoms with Gasteiger partial charge in [0.15, 0.2) is 0 Å². The third kappa shape index (κ3) is 3.14. The van der Waals surface area contributed by atoms with E-state index in [4.69, 9.17) is 0 Å². The molecule has 0 aliphatic heterocycles. The van der Waals surface area contributed by atoms with Crippen LogP contribution in [0.1, 0.15) is 27.4 Å². The predicted octanol–water partition coefficient (Wildman–Crippen LogP) is 3.36. The van der Waals surface area contributed by atoms with Crippen LogP contribution < -0.4 is 5.32 Å². The molecular weight excluding hydrogens is 228 g/mol. The normalized spacial score (nSPS) is 10.8. The number of nitrogens with one attached hydrogen (secondary N) is 1. The summed E-state index contributed by atoms with van der Waals surface area (Å²) >= 11 is 1.72. The quantitative estimate of drug-likeness (QED) is 0.894. The monoisotopic (exact) mass is 246 g/mol. The number of rotatable bonds is 4. The molecule has 0 unspecified atom stereocenters. The van der Waals surface area contributed by atoms with Gasteiger partial charge in [0.2, 0.25) is 0 Å². The largest absolute Gasteiger partial charge is 0.306 e. The summed E-state index contributed by atoms with van der Waals surface area (Å²) in [7, 11) is 0. The fourth-order valence-corrected chi connectivity index (χ4v) is 2.53. The summed E-state index contributed by atoms with van der Waals surface area (Å²) in [6.07, 6.45) is 0. The molecule has 0 aliphatic carbocycles. The van der Waals surface area contributed by atoms with Crippen LogP contribution in [0.15, 0.2) is 23.6 Å². The number of aromatic nitrogens is 1. The molecule has 17 heavy (non-hydrogen) atoms. The second-order valence-corrected chi connectivity index (χ2v) is 5.29. The Bertz CT molecular complexity index is 503. The molecule has 1 aromatic carbocycles. The second-order valence-electron chi connectivity index (χ2n) is 4.35. The number of nitrogens with zero attached hydrogens (tertiary/aromatic N) is 1. The van der Waals surface area contributed by atoms with E-state index in [9.17, 15) is 0 Å². The average Bonchev–Trinajstić information content (AvgIpc) is 2.70. The van der Waals surface area contributed by atoms with Gasteiger partial charge in [-0.05, 0) is 37.5 Å². The second kappa shape index (κ2) is 5.43. The van der Waals surface area contributed by atoms with Crippen molar-refractivity contribution in [3.8, 4) is 0 Å². The van der Waals surface area contributed by atoms with E-state index in [0.29, 0.717) is 0 Å². The van der Waals surface area contributed by atoms with Crippen molar-refractivity contribution < 1.29 is 0 Å². The highest BCUT2D eigenvalue weighted by molar-refractivity contribution is 7.09. The maximum absolute atomic E-state index is 4.44. The van der Waals surface area contributed by atoms with E-state index in [2.05, 4.69) is 47.7 Å². The third-order valence-corrected chi connectivity index (χ3v) is 3.94. The molecule has 0 bridgehead atoms. The summed E-state index contributed by atoms with van der Waals surface area (Å²) < 4.78 is 0. The molecule has 0 aliphatic rings. The minimum absolute atomic E-state index is 0.853. The van der Waals surface area contributed by atoms with Crippen molar-refractivity contribution >= 4 is 11.3 Å². The summed E-state index contributed by atoms with van der Waals surface area (Å²) in [6.45, 7) is 8.13. The molecule has 2 nitrogen and oxygen atoms in total. The van der Waals surface area contributed by atoms with Gasteiger partial charge in [-0.2, -0.15) is 0 Å². The van der Waals surface area contributed by atoms with Crippen molar-refractivity contribution in [3.05, 3.63) is 51.0 Å². The average molecular weight is 246 g/mol. The molecule has 0 atom stereocenters. The third-order valence-electron chi connectivity index (χ3n) is 2.98. The molecule has 0 spiro atoms. The first-order valence-corrected chi connectivity index (χ1v) is 6.71. The van der Waals surface area contributed by atoms with Crippen LogP contribution in [0.2, 0.25) is 0 Å². The Morgan fingerprint density at radius 1 is 1.18 bits per heavy atom. The van der Waals surface area contributed by atoms with E-state index in [1.54, 1.807) is 11.3 Å². The van der Waals surface area contributed by atoms with E-state index in [1.165, 1.54) is 16.7 Å². The molecule has 2 rings (SSSR count). The zero-order chi connectivity index (χ0) is 12.3. The maximum Gasteiger partial charge on any atom is 0.107 e. The lowest BCUT2D eigenvalue weighted by molar-refractivity contribution is 0.686. The zero-order valence-corrected chi connectivity index (χ0v) is 11.4. The minimum atomic E-state index is 0.853. The van der Waals surface area contributed by atoms with E-state index in [0.717, 1.165) is 23.8 Å². The van der Waals surface area contributed by atoms with E-state index < -0.39 is 0 Å². The van der Waals surface area contributed by atoms with Crippen LogP contribution in [-0.2, 0) is 13.1 Å². The van der Waals surface area contributed by atoms with Crippen molar-refractivity contribution in [3.63, 3.8) is 0 Å². The van der Waals surface area contributed by atoms with Gasteiger partial charge in [0.1, 0.15) is 5.01 Å². The molecule has 90 valence electrons. The number of hydrogen-bond acceptors (Lipinski definition) is 3. The Balaban J connectivity index is 1.92. The fraction of sp³-hybridized carbons (Fsp3) is 0.357. The van der Waals surface area contributed by atoms with E-state index >= 15 is 0 Å². The van der Waals surface area contributed by atoms with Crippen molar-refractivity contribution in [2.24, 2.45) is 0 Å². The molecule has 0 fully saturated rings. The minimum Gasteiger partial charge on any atom is -0.306 e. The lowest BCUT2D eigenvalue weighted by Gasteiger charge is -2.08. The summed E-state index contributed by atoms with van der Waals surface area (Å²) in [5, 5.41) is 6.70. The van der Waals surface area contributed by atoms with Gasteiger partial charge in [0, 0.05) is 24.2 Å². The van der Waals surface area contributed by atoms with Gasteiger partial charge in [0.25, 0.3) is 0 Å². The summed E-state index contributed by atoms with van der Waals surface area (Å²) in [5.74, 6) is 0. The first-order valence-electron chi connectivity index (χ1n) is 5.83. The van der Waals surface area contributed by atoms with Crippen LogP contribution in [0.3, 0.4) is 0 Å². The molecular formula is C14H18N2S. The van der Waals surface area contributed by atoms with Crippen LogP contribution in [0.25, 0.3) is 0 Å². The maximum atomic E-state index is 4.44. The highest BCUT2D eigenvalue weighted by atomic mass is 32.1. The van der Waals surface area contributed by atoms with Crippen LogP contribution in [-0.4, -0.2) is 4.98 Å². The Labute approximate surface area is 107 Å². The fourth-order valence-electron chi connectivity index (χ4n) is 1.79. The highest BCUT2D eigenvalue weighted by Crippen LogP contribution is 2.13. The van der Waals surface area contributed by atoms with Crippen LogP contribution in [0.4, 0.5) is 0 Å². The molecule has 0 amide bonds. The van der Waals surface area contributed by atoms with Gasteiger partial charge >= 0.3 is 0 Å². The molecule has 3 heteroatoms. The van der Waals surface area contributed by atoms with Gasteiger partial charge in [-0.3, -0.25) is 0 Å². The van der Waals surface area contributed by atoms with Crippen molar-refractivity contribution in [1.82, 2.24) is 10.3 Å². The smallest absolute Gasteiger partial charge is 0.107 e. The molecule has 1 aromatic heterocycles. The topological polar surface area (TPSA) is 24.9 Å². The van der Waals surface area contributed by atoms with Gasteiger partial charge in [-0.25, -0.2) is 4.98 Å². The Morgan fingerprint density at radius 2 is 2.00 bits per heavy atom. The molecule has 0 radical (unpaired) electrons. The standard InChI is InChI=1S/C14H18N2S/c1-10-5-4-6-13(12(10)3)7-15-8-14-16-11(2)9-17-14/h4-6,9,15H,7-8H2,1-3H3. The van der Waals surface area contributed by atoms with Crippen molar-refractivity contribution in [2.45, 2.75) is 33.9 Å². The lowest BCUT2D eigenvalue weighted by atomic mass is 10.0. The van der Waals surface area contributed by atoms with Gasteiger partial charge < -0.3 is 5.32 Å². The predicted molar refractivity (Wildman–Crippen MR) is 73.3 cm³/mol. The van der Waals surface area contributed by atoms with Crippen molar-refractivity contribution in [2.75, 3.05) is 0 Å². The Hall–Kier alpha value is -1.19. The Kier molecular flexibility index (Phi) is 3.92. The number of benzene rings is 1. The van der Waals surface area contributed by atoms with Crippen molar-refractivity contribution in [1.29, 1.82) is 0 Å². The molecule has 2 aromatic rings. The molecule has 0 saturated carbocycles. The van der Waals surface area contributed by atoms with Gasteiger partial charge in [-0.1, -0.05) is 18.2 Å². The van der Waals surface area contributed by atoms with E-state index in [-0.39, 0.29) is 0 Å². The molecule has 1 heterocycles. The number of thiazole rings is 1. The number of hydrogen-bond donors (Lipinski definition) is 1. The highest BCUT2D eigenvalue weighted by Gasteiger charge is 2.01. The van der Waals surface area contributed by atoms with E-state index in [1.807, 2.05) is 6.92 Å². The summed E-state index contributed by atoms with van der Waals surface area (Å²) in [6, 6.07) is 6.46. The zero-order valence-electron chi connectivity index (χ0n) is 10.6. The summed E-state index contributed by atoms with van der Waals surface area (Å²) in [4.78, 5) is 4.44. The molecule has 0 saturated heterocycles. The first kappa shape index (κ1) is 12.3. The SMILES string of the molecule is Cc1csc(CNCc2cccc(C)c2C)n1. The Morgan fingerprint density at radius 3 is 2.71 bits per heavy atom. The lowest BCUT2D eigenvalue weighted by Crippen LogP contribution is -2.13.